The fraction of sp³-hybridized carbons (Fsp3) is 0.467. The van der Waals surface area contributed by atoms with Crippen molar-refractivity contribution in [1.29, 1.82) is 0 Å². The quantitative estimate of drug-likeness (QED) is 0.725. The van der Waals surface area contributed by atoms with E-state index < -0.39 is 0 Å². The molecule has 0 radical (unpaired) electrons. The van der Waals surface area contributed by atoms with Gasteiger partial charge in [0.05, 0.1) is 13.1 Å². The van der Waals surface area contributed by atoms with E-state index in [1.54, 1.807) is 11.8 Å². The van der Waals surface area contributed by atoms with Crippen molar-refractivity contribution in [3.05, 3.63) is 23.8 Å². The lowest BCUT2D eigenvalue weighted by Gasteiger charge is -2.18. The van der Waals surface area contributed by atoms with Gasteiger partial charge in [-0.05, 0) is 30.7 Å². The molecule has 0 spiro atoms. The van der Waals surface area contributed by atoms with Crippen LogP contribution < -0.4 is 16.4 Å². The average molecular weight is 309 g/mol. The van der Waals surface area contributed by atoms with E-state index >= 15 is 0 Å². The summed E-state index contributed by atoms with van der Waals surface area (Å²) in [4.78, 5) is 23.9. The monoisotopic (exact) mass is 309 g/mol. The van der Waals surface area contributed by atoms with Gasteiger partial charge < -0.3 is 16.4 Å². The minimum absolute atomic E-state index is 0.0754. The first kappa shape index (κ1) is 17.5. The molecule has 0 fully saturated rings. The Bertz CT molecular complexity index is 524. The fourth-order valence-corrected chi connectivity index (χ4v) is 2.72. The zero-order chi connectivity index (χ0) is 16.0. The van der Waals surface area contributed by atoms with Crippen LogP contribution in [0.5, 0.6) is 0 Å². The largest absolute Gasteiger partial charge is 0.346 e. The molecule has 0 aromatic heterocycles. The molecule has 116 valence electrons. The van der Waals surface area contributed by atoms with E-state index in [1.165, 1.54) is 0 Å². The highest BCUT2D eigenvalue weighted by Crippen LogP contribution is 2.33. The van der Waals surface area contributed by atoms with E-state index in [0.717, 1.165) is 16.1 Å². The lowest BCUT2D eigenvalue weighted by molar-refractivity contribution is -0.123. The Morgan fingerprint density at radius 1 is 1.24 bits per heavy atom. The van der Waals surface area contributed by atoms with Crippen LogP contribution in [-0.4, -0.2) is 29.7 Å². The van der Waals surface area contributed by atoms with Gasteiger partial charge in [-0.25, -0.2) is 0 Å². The molecule has 0 atom stereocenters. The molecule has 1 aromatic rings. The predicted octanol–water partition coefficient (Wildman–Crippen LogP) is 1.90. The normalized spacial score (nSPS) is 11.1. The smallest absolute Gasteiger partial charge is 0.243 e. The van der Waals surface area contributed by atoms with E-state index in [-0.39, 0.29) is 29.7 Å². The van der Waals surface area contributed by atoms with Crippen LogP contribution in [-0.2, 0) is 9.59 Å². The Kier molecular flexibility index (Phi) is 6.23. The van der Waals surface area contributed by atoms with Crippen molar-refractivity contribution >= 4 is 29.3 Å². The second-order valence-corrected chi connectivity index (χ2v) is 7.62. The first-order valence-electron chi connectivity index (χ1n) is 6.77. The van der Waals surface area contributed by atoms with Gasteiger partial charge in [0.2, 0.25) is 11.8 Å². The van der Waals surface area contributed by atoms with E-state index in [4.69, 9.17) is 5.73 Å². The predicted molar refractivity (Wildman–Crippen MR) is 87.5 cm³/mol. The maximum Gasteiger partial charge on any atom is 0.243 e. The molecule has 0 saturated heterocycles. The van der Waals surface area contributed by atoms with Crippen molar-refractivity contribution in [3.63, 3.8) is 0 Å². The van der Waals surface area contributed by atoms with Crippen LogP contribution in [0.4, 0.5) is 5.69 Å². The highest BCUT2D eigenvalue weighted by molar-refractivity contribution is 8.00. The molecule has 1 aromatic carbocycles. The van der Waals surface area contributed by atoms with Crippen molar-refractivity contribution in [3.8, 4) is 0 Å². The first-order chi connectivity index (χ1) is 9.71. The summed E-state index contributed by atoms with van der Waals surface area (Å²) in [6.07, 6.45) is 0. The molecular formula is C15H23N3O2S. The van der Waals surface area contributed by atoms with E-state index in [2.05, 4.69) is 31.4 Å². The number of anilines is 1. The van der Waals surface area contributed by atoms with Gasteiger partial charge in [0.1, 0.15) is 0 Å². The fourth-order valence-electron chi connectivity index (χ4n) is 1.64. The average Bonchev–Trinajstić information content (AvgIpc) is 2.37. The van der Waals surface area contributed by atoms with E-state index in [1.807, 2.05) is 25.1 Å². The number of nitrogens with two attached hydrogens (primary N) is 1. The summed E-state index contributed by atoms with van der Waals surface area (Å²) in [5.41, 5.74) is 6.89. The lowest BCUT2D eigenvalue weighted by Crippen LogP contribution is -2.36. The van der Waals surface area contributed by atoms with E-state index in [9.17, 15) is 9.59 Å². The standard InChI is InChI=1S/C15H23N3O2S/c1-10-7-11(21-15(2,3)4)5-6-12(10)18-14(20)9-17-13(19)8-16/h5-7H,8-9,16H2,1-4H3,(H,17,19)(H,18,20). The molecule has 2 amide bonds. The molecule has 0 saturated carbocycles. The molecule has 0 heterocycles. The third kappa shape index (κ3) is 6.64. The van der Waals surface area contributed by atoms with Gasteiger partial charge in [0, 0.05) is 15.3 Å². The number of thioether (sulfide) groups is 1. The van der Waals surface area contributed by atoms with Crippen molar-refractivity contribution in [2.45, 2.75) is 37.3 Å². The second kappa shape index (κ2) is 7.47. The van der Waals surface area contributed by atoms with Crippen LogP contribution in [0.15, 0.2) is 23.1 Å². The molecule has 6 heteroatoms. The van der Waals surface area contributed by atoms with Crippen molar-refractivity contribution < 1.29 is 9.59 Å². The molecule has 4 N–H and O–H groups in total. The second-order valence-electron chi connectivity index (χ2n) is 5.72. The van der Waals surface area contributed by atoms with Gasteiger partial charge in [-0.15, -0.1) is 11.8 Å². The van der Waals surface area contributed by atoms with E-state index in [0.29, 0.717) is 0 Å². The number of carbonyl (C=O) groups is 2. The zero-order valence-electron chi connectivity index (χ0n) is 12.9. The maximum absolute atomic E-state index is 11.7. The molecular weight excluding hydrogens is 286 g/mol. The van der Waals surface area contributed by atoms with Crippen LogP contribution in [0, 0.1) is 6.92 Å². The van der Waals surface area contributed by atoms with Crippen molar-refractivity contribution in [1.82, 2.24) is 5.32 Å². The summed E-state index contributed by atoms with van der Waals surface area (Å²) < 4.78 is 0.143. The van der Waals surface area contributed by atoms with Crippen LogP contribution in [0.25, 0.3) is 0 Å². The summed E-state index contributed by atoms with van der Waals surface area (Å²) >= 11 is 1.78. The molecule has 5 nitrogen and oxygen atoms in total. The minimum Gasteiger partial charge on any atom is -0.346 e. The van der Waals surface area contributed by atoms with Gasteiger partial charge in [0.15, 0.2) is 0 Å². The maximum atomic E-state index is 11.7. The Morgan fingerprint density at radius 3 is 2.43 bits per heavy atom. The third-order valence-electron chi connectivity index (χ3n) is 2.53. The highest BCUT2D eigenvalue weighted by Gasteiger charge is 2.13. The topological polar surface area (TPSA) is 84.2 Å². The summed E-state index contributed by atoms with van der Waals surface area (Å²) in [6.45, 7) is 8.22. The van der Waals surface area contributed by atoms with Gasteiger partial charge in [-0.2, -0.15) is 0 Å². The van der Waals surface area contributed by atoms with Crippen LogP contribution >= 0.6 is 11.8 Å². The van der Waals surface area contributed by atoms with Crippen molar-refractivity contribution in [2.75, 3.05) is 18.4 Å². The van der Waals surface area contributed by atoms with Crippen LogP contribution in [0.3, 0.4) is 0 Å². The third-order valence-corrected chi connectivity index (χ3v) is 3.63. The highest BCUT2D eigenvalue weighted by atomic mass is 32.2. The lowest BCUT2D eigenvalue weighted by atomic mass is 10.2. The van der Waals surface area contributed by atoms with Gasteiger partial charge >= 0.3 is 0 Å². The molecule has 1 rings (SSSR count). The van der Waals surface area contributed by atoms with Gasteiger partial charge in [0.25, 0.3) is 0 Å². The van der Waals surface area contributed by atoms with Crippen molar-refractivity contribution in [2.24, 2.45) is 5.73 Å². The molecule has 0 aliphatic carbocycles. The minimum atomic E-state index is -0.348. The molecule has 0 bridgehead atoms. The summed E-state index contributed by atoms with van der Waals surface area (Å²) in [5.74, 6) is -0.616. The SMILES string of the molecule is Cc1cc(SC(C)(C)C)ccc1NC(=O)CNC(=O)CN. The molecule has 0 unspecified atom stereocenters. The Balaban J connectivity index is 2.64. The number of benzene rings is 1. The number of amides is 2. The number of carbonyl (C=O) groups excluding carboxylic acids is 2. The van der Waals surface area contributed by atoms with Crippen LogP contribution in [0.1, 0.15) is 26.3 Å². The Labute approximate surface area is 130 Å². The number of rotatable bonds is 5. The van der Waals surface area contributed by atoms with Gasteiger partial charge in [-0.3, -0.25) is 9.59 Å². The number of nitrogens with one attached hydrogen (secondary N) is 2. The summed E-state index contributed by atoms with van der Waals surface area (Å²) in [5, 5.41) is 5.21. The Morgan fingerprint density at radius 2 is 1.90 bits per heavy atom. The zero-order valence-corrected chi connectivity index (χ0v) is 13.8. The summed E-state index contributed by atoms with van der Waals surface area (Å²) in [7, 11) is 0. The molecule has 0 aliphatic heterocycles. The molecule has 21 heavy (non-hydrogen) atoms. The number of hydrogen-bond donors (Lipinski definition) is 3. The Hall–Kier alpha value is -1.53. The number of hydrogen-bond acceptors (Lipinski definition) is 4. The first-order valence-corrected chi connectivity index (χ1v) is 7.59. The number of aryl methyl sites for hydroxylation is 1. The summed E-state index contributed by atoms with van der Waals surface area (Å²) in [6, 6.07) is 5.91. The van der Waals surface area contributed by atoms with Crippen LogP contribution in [0.2, 0.25) is 0 Å². The molecule has 0 aliphatic rings. The van der Waals surface area contributed by atoms with Gasteiger partial charge in [-0.1, -0.05) is 20.8 Å².